The van der Waals surface area contributed by atoms with Crippen LogP contribution in [0.2, 0.25) is 0 Å². The molecule has 6 heteroatoms. The van der Waals surface area contributed by atoms with E-state index < -0.39 is 23.2 Å². The minimum absolute atomic E-state index is 0.0330. The quantitative estimate of drug-likeness (QED) is 0.809. The topological polar surface area (TPSA) is 32.9 Å². The number of hydrogen-bond acceptors (Lipinski definition) is 1. The second kappa shape index (κ2) is 3.95. The van der Waals surface area contributed by atoms with E-state index in [2.05, 4.69) is 20.9 Å². The highest BCUT2D eigenvalue weighted by atomic mass is 79.9. The molecule has 0 aromatic carbocycles. The third-order valence-corrected chi connectivity index (χ3v) is 2.06. The van der Waals surface area contributed by atoms with Gasteiger partial charge in [-0.1, -0.05) is 15.9 Å². The van der Waals surface area contributed by atoms with Crippen LogP contribution < -0.4 is 5.43 Å². The molecule has 1 N–H and O–H groups in total. The summed E-state index contributed by atoms with van der Waals surface area (Å²) in [6.07, 6.45) is -2.13. The van der Waals surface area contributed by atoms with Gasteiger partial charge >= 0.3 is 0 Å². The van der Waals surface area contributed by atoms with Crippen LogP contribution in [0.3, 0.4) is 0 Å². The summed E-state index contributed by atoms with van der Waals surface area (Å²) in [6, 6.07) is 0. The van der Waals surface area contributed by atoms with Crippen LogP contribution in [-0.4, -0.2) is 4.98 Å². The SMILES string of the molecule is O=c1c(C(F)F)c[nH]c(CBr)c1F. The van der Waals surface area contributed by atoms with E-state index in [1.807, 2.05) is 0 Å². The van der Waals surface area contributed by atoms with Crippen molar-refractivity contribution in [1.29, 1.82) is 0 Å². The number of nitrogens with one attached hydrogen (secondary N) is 1. The molecule has 0 unspecified atom stereocenters. The van der Waals surface area contributed by atoms with Gasteiger partial charge in [0, 0.05) is 11.5 Å². The average molecular weight is 256 g/mol. The Bertz CT molecular complexity index is 363. The highest BCUT2D eigenvalue weighted by molar-refractivity contribution is 9.08. The second-order valence-corrected chi connectivity index (χ2v) is 2.86. The van der Waals surface area contributed by atoms with E-state index in [4.69, 9.17) is 0 Å². The summed E-state index contributed by atoms with van der Waals surface area (Å²) in [4.78, 5) is 13.2. The smallest absolute Gasteiger partial charge is 0.269 e. The molecule has 0 aliphatic carbocycles. The lowest BCUT2D eigenvalue weighted by molar-refractivity contribution is 0.149. The van der Waals surface area contributed by atoms with Gasteiger partial charge in [0.15, 0.2) is 5.82 Å². The zero-order valence-electron chi connectivity index (χ0n) is 6.28. The van der Waals surface area contributed by atoms with Crippen LogP contribution in [0.5, 0.6) is 0 Å². The van der Waals surface area contributed by atoms with Crippen LogP contribution in [-0.2, 0) is 5.33 Å². The standard InChI is InChI=1S/C7H5BrF3NO/c8-1-4-5(9)6(13)3(2-12-4)7(10)11/h2,7H,1H2,(H,12,13). The molecule has 1 rings (SSSR count). The largest absolute Gasteiger partial charge is 0.361 e. The maximum Gasteiger partial charge on any atom is 0.269 e. The number of pyridine rings is 1. The Balaban J connectivity index is 3.32. The summed E-state index contributed by atoms with van der Waals surface area (Å²) in [6.45, 7) is 0. The number of aromatic nitrogens is 1. The van der Waals surface area contributed by atoms with Gasteiger partial charge < -0.3 is 4.98 Å². The molecule has 0 fully saturated rings. The summed E-state index contributed by atoms with van der Waals surface area (Å²) in [5.74, 6) is -1.16. The van der Waals surface area contributed by atoms with Crippen molar-refractivity contribution >= 4 is 15.9 Å². The third-order valence-electron chi connectivity index (χ3n) is 1.50. The maximum absolute atomic E-state index is 12.9. The predicted octanol–water partition coefficient (Wildman–Crippen LogP) is 2.35. The molecular weight excluding hydrogens is 251 g/mol. The summed E-state index contributed by atoms with van der Waals surface area (Å²) in [5.41, 5.74) is -2.13. The molecule has 72 valence electrons. The van der Waals surface area contributed by atoms with Crippen LogP contribution in [0.15, 0.2) is 11.0 Å². The van der Waals surface area contributed by atoms with Crippen LogP contribution in [0.1, 0.15) is 17.7 Å². The first kappa shape index (κ1) is 10.3. The fourth-order valence-corrected chi connectivity index (χ4v) is 1.22. The first-order chi connectivity index (χ1) is 6.07. The van der Waals surface area contributed by atoms with Gasteiger partial charge in [-0.3, -0.25) is 4.79 Å². The number of alkyl halides is 3. The summed E-state index contributed by atoms with van der Waals surface area (Å²) < 4.78 is 37.0. The van der Waals surface area contributed by atoms with E-state index in [-0.39, 0.29) is 11.0 Å². The minimum atomic E-state index is -2.96. The molecule has 0 saturated heterocycles. The molecule has 0 saturated carbocycles. The number of H-pyrrole nitrogens is 1. The Morgan fingerprint density at radius 1 is 1.54 bits per heavy atom. The highest BCUT2D eigenvalue weighted by Gasteiger charge is 2.16. The third kappa shape index (κ3) is 1.93. The van der Waals surface area contributed by atoms with Crippen LogP contribution in [0.4, 0.5) is 13.2 Å². The summed E-state index contributed by atoms with van der Waals surface area (Å²) in [7, 11) is 0. The van der Waals surface area contributed by atoms with Crippen molar-refractivity contribution in [3.63, 3.8) is 0 Å². The van der Waals surface area contributed by atoms with Gasteiger partial charge in [-0.15, -0.1) is 0 Å². The monoisotopic (exact) mass is 255 g/mol. The van der Waals surface area contributed by atoms with Crippen molar-refractivity contribution in [1.82, 2.24) is 4.98 Å². The lowest BCUT2D eigenvalue weighted by atomic mass is 10.2. The molecule has 2 nitrogen and oxygen atoms in total. The van der Waals surface area contributed by atoms with Crippen LogP contribution >= 0.6 is 15.9 Å². The normalized spacial score (nSPS) is 10.8. The van der Waals surface area contributed by atoms with E-state index in [9.17, 15) is 18.0 Å². The first-order valence-corrected chi connectivity index (χ1v) is 4.44. The number of halogens is 4. The van der Waals surface area contributed by atoms with Gasteiger partial charge in [-0.25, -0.2) is 13.2 Å². The number of rotatable bonds is 2. The van der Waals surface area contributed by atoms with Crippen molar-refractivity contribution in [2.45, 2.75) is 11.8 Å². The van der Waals surface area contributed by atoms with Gasteiger partial charge in [0.2, 0.25) is 5.43 Å². The molecule has 0 bridgehead atoms. The maximum atomic E-state index is 12.9. The first-order valence-electron chi connectivity index (χ1n) is 3.32. The molecular formula is C7H5BrF3NO. The summed E-state index contributed by atoms with van der Waals surface area (Å²) in [5, 5.41) is 0.0809. The molecule has 13 heavy (non-hydrogen) atoms. The van der Waals surface area contributed by atoms with Crippen LogP contribution in [0.25, 0.3) is 0 Å². The fourth-order valence-electron chi connectivity index (χ4n) is 0.817. The Morgan fingerprint density at radius 2 is 2.15 bits per heavy atom. The van der Waals surface area contributed by atoms with Gasteiger partial charge in [0.05, 0.1) is 11.3 Å². The Hall–Kier alpha value is -0.780. The Labute approximate surface area is 79.9 Å². The van der Waals surface area contributed by atoms with Crippen LogP contribution in [0, 0.1) is 5.82 Å². The Morgan fingerprint density at radius 3 is 2.62 bits per heavy atom. The zero-order chi connectivity index (χ0) is 10.0. The van der Waals surface area contributed by atoms with Gasteiger partial charge in [-0.2, -0.15) is 0 Å². The fraction of sp³-hybridized carbons (Fsp3) is 0.286. The summed E-state index contributed by atoms with van der Waals surface area (Å²) >= 11 is 2.91. The molecule has 0 aliphatic rings. The van der Waals surface area contributed by atoms with Crippen molar-refractivity contribution in [3.05, 3.63) is 33.5 Å². The van der Waals surface area contributed by atoms with E-state index in [0.29, 0.717) is 0 Å². The molecule has 0 amide bonds. The van der Waals surface area contributed by atoms with E-state index in [1.165, 1.54) is 0 Å². The predicted molar refractivity (Wildman–Crippen MR) is 44.6 cm³/mol. The molecule has 0 spiro atoms. The molecule has 0 atom stereocenters. The zero-order valence-corrected chi connectivity index (χ0v) is 7.87. The lowest BCUT2D eigenvalue weighted by Gasteiger charge is -2.01. The van der Waals surface area contributed by atoms with E-state index in [0.717, 1.165) is 6.20 Å². The molecule has 1 aromatic heterocycles. The number of aromatic amines is 1. The molecule has 1 aromatic rings. The van der Waals surface area contributed by atoms with Crippen molar-refractivity contribution < 1.29 is 13.2 Å². The lowest BCUT2D eigenvalue weighted by Crippen LogP contribution is -2.16. The molecule has 0 radical (unpaired) electrons. The average Bonchev–Trinajstić information content (AvgIpc) is 2.09. The number of hydrogen-bond donors (Lipinski definition) is 1. The minimum Gasteiger partial charge on any atom is -0.361 e. The van der Waals surface area contributed by atoms with Crippen molar-refractivity contribution in [2.24, 2.45) is 0 Å². The van der Waals surface area contributed by atoms with Crippen molar-refractivity contribution in [3.8, 4) is 0 Å². The van der Waals surface area contributed by atoms with Gasteiger partial charge in [0.25, 0.3) is 6.43 Å². The molecule has 1 heterocycles. The van der Waals surface area contributed by atoms with Gasteiger partial charge in [0.1, 0.15) is 0 Å². The Kier molecular flexibility index (Phi) is 3.13. The highest BCUT2D eigenvalue weighted by Crippen LogP contribution is 2.15. The van der Waals surface area contributed by atoms with Gasteiger partial charge in [-0.05, 0) is 0 Å². The van der Waals surface area contributed by atoms with E-state index >= 15 is 0 Å². The second-order valence-electron chi connectivity index (χ2n) is 2.30. The molecule has 0 aliphatic heterocycles. The van der Waals surface area contributed by atoms with Crippen molar-refractivity contribution in [2.75, 3.05) is 0 Å². The van der Waals surface area contributed by atoms with E-state index in [1.54, 1.807) is 0 Å².